The van der Waals surface area contributed by atoms with Gasteiger partial charge >= 0.3 is 5.97 Å². The first-order chi connectivity index (χ1) is 14.3. The molecule has 0 aliphatic carbocycles. The molecule has 4 nitrogen and oxygen atoms in total. The van der Waals surface area contributed by atoms with Gasteiger partial charge in [-0.15, -0.1) is 0 Å². The standard InChI is InChI=1S/C23H23F3O4/c1-14-2-4-16(12-19(14)24)18-7-9-29-8-6-17(18)13-30-23-20(25)10-15(11-21(23)26)3-5-22(27)28/h2,4,10-12H,3,5-9,13H2,1H3,(H,27,28). The molecule has 0 saturated heterocycles. The van der Waals surface area contributed by atoms with Crippen LogP contribution in [0.4, 0.5) is 13.2 Å². The zero-order valence-electron chi connectivity index (χ0n) is 16.6. The number of carbonyl (C=O) groups is 1. The summed E-state index contributed by atoms with van der Waals surface area (Å²) in [6.45, 7) is 2.53. The van der Waals surface area contributed by atoms with E-state index in [0.29, 0.717) is 37.2 Å². The van der Waals surface area contributed by atoms with Crippen molar-refractivity contribution in [2.75, 3.05) is 19.8 Å². The van der Waals surface area contributed by atoms with Crippen molar-refractivity contribution in [1.29, 1.82) is 0 Å². The van der Waals surface area contributed by atoms with Crippen LogP contribution < -0.4 is 4.74 Å². The summed E-state index contributed by atoms with van der Waals surface area (Å²) in [7, 11) is 0. The van der Waals surface area contributed by atoms with E-state index in [2.05, 4.69) is 0 Å². The first kappa shape index (κ1) is 21.9. The third kappa shape index (κ3) is 5.42. The molecule has 1 N–H and O–H groups in total. The molecular weight excluding hydrogens is 397 g/mol. The van der Waals surface area contributed by atoms with E-state index in [1.807, 2.05) is 6.07 Å². The molecule has 0 saturated carbocycles. The predicted octanol–water partition coefficient (Wildman–Crippen LogP) is 5.07. The van der Waals surface area contributed by atoms with Crippen molar-refractivity contribution in [3.8, 4) is 5.75 Å². The van der Waals surface area contributed by atoms with Crippen LogP contribution in [0.25, 0.3) is 5.57 Å². The zero-order chi connectivity index (χ0) is 21.7. The molecule has 0 bridgehead atoms. The van der Waals surface area contributed by atoms with E-state index in [9.17, 15) is 18.0 Å². The monoisotopic (exact) mass is 420 g/mol. The molecule has 0 amide bonds. The number of benzene rings is 2. The summed E-state index contributed by atoms with van der Waals surface area (Å²) in [5, 5.41) is 8.72. The van der Waals surface area contributed by atoms with Crippen molar-refractivity contribution in [2.45, 2.75) is 32.6 Å². The Labute approximate surface area is 172 Å². The lowest BCUT2D eigenvalue weighted by Crippen LogP contribution is -2.08. The molecule has 2 aromatic rings. The molecule has 1 aliphatic heterocycles. The molecule has 0 atom stereocenters. The number of hydrogen-bond acceptors (Lipinski definition) is 3. The maximum atomic E-state index is 14.4. The number of hydrogen-bond donors (Lipinski definition) is 1. The zero-order valence-corrected chi connectivity index (χ0v) is 16.6. The highest BCUT2D eigenvalue weighted by Gasteiger charge is 2.18. The average molecular weight is 420 g/mol. The van der Waals surface area contributed by atoms with Crippen molar-refractivity contribution in [2.24, 2.45) is 0 Å². The maximum absolute atomic E-state index is 14.4. The summed E-state index contributed by atoms with van der Waals surface area (Å²) in [5.41, 5.74) is 3.13. The summed E-state index contributed by atoms with van der Waals surface area (Å²) < 4.78 is 53.8. The number of carboxylic acid groups (broad SMARTS) is 1. The van der Waals surface area contributed by atoms with Crippen molar-refractivity contribution < 1.29 is 32.5 Å². The molecule has 3 rings (SSSR count). The molecule has 7 heteroatoms. The van der Waals surface area contributed by atoms with E-state index < -0.39 is 23.4 Å². The van der Waals surface area contributed by atoms with E-state index in [0.717, 1.165) is 23.3 Å². The van der Waals surface area contributed by atoms with Crippen LogP contribution in [0.5, 0.6) is 5.75 Å². The third-order valence-electron chi connectivity index (χ3n) is 5.07. The Morgan fingerprint density at radius 2 is 1.77 bits per heavy atom. The van der Waals surface area contributed by atoms with Gasteiger partial charge in [0.15, 0.2) is 17.4 Å². The second-order valence-corrected chi connectivity index (χ2v) is 7.23. The van der Waals surface area contributed by atoms with E-state index in [1.165, 1.54) is 6.07 Å². The number of ether oxygens (including phenoxy) is 2. The highest BCUT2D eigenvalue weighted by Crippen LogP contribution is 2.30. The smallest absolute Gasteiger partial charge is 0.303 e. The van der Waals surface area contributed by atoms with Crippen LogP contribution in [-0.4, -0.2) is 30.9 Å². The fraction of sp³-hybridized carbons (Fsp3) is 0.348. The molecule has 2 aromatic carbocycles. The van der Waals surface area contributed by atoms with Gasteiger partial charge in [-0.2, -0.15) is 0 Å². The summed E-state index contributed by atoms with van der Waals surface area (Å²) >= 11 is 0. The number of halogens is 3. The number of rotatable bonds is 7. The lowest BCUT2D eigenvalue weighted by Gasteiger charge is -2.16. The van der Waals surface area contributed by atoms with Gasteiger partial charge in [0.05, 0.1) is 13.2 Å². The topological polar surface area (TPSA) is 55.8 Å². The fourth-order valence-electron chi connectivity index (χ4n) is 3.39. The molecule has 1 heterocycles. The van der Waals surface area contributed by atoms with Gasteiger partial charge in [-0.25, -0.2) is 13.2 Å². The van der Waals surface area contributed by atoms with E-state index in [1.54, 1.807) is 13.0 Å². The number of aryl methyl sites for hydroxylation is 2. The van der Waals surface area contributed by atoms with Crippen molar-refractivity contribution in [1.82, 2.24) is 0 Å². The van der Waals surface area contributed by atoms with E-state index >= 15 is 0 Å². The van der Waals surface area contributed by atoms with Gasteiger partial charge in [0, 0.05) is 6.42 Å². The summed E-state index contributed by atoms with van der Waals surface area (Å²) in [5.74, 6) is -3.65. The van der Waals surface area contributed by atoms with Crippen LogP contribution >= 0.6 is 0 Å². The van der Waals surface area contributed by atoms with Crippen LogP contribution in [0.2, 0.25) is 0 Å². The largest absolute Gasteiger partial charge is 0.483 e. The first-order valence-corrected chi connectivity index (χ1v) is 9.73. The van der Waals surface area contributed by atoms with Crippen LogP contribution in [0.1, 0.15) is 36.0 Å². The second kappa shape index (κ2) is 9.80. The number of carboxylic acids is 1. The Morgan fingerprint density at radius 1 is 1.07 bits per heavy atom. The van der Waals surface area contributed by atoms with Gasteiger partial charge in [-0.05, 0) is 72.2 Å². The molecule has 0 aromatic heterocycles. The van der Waals surface area contributed by atoms with Crippen LogP contribution in [0, 0.1) is 24.4 Å². The average Bonchev–Trinajstić information content (AvgIpc) is 2.93. The lowest BCUT2D eigenvalue weighted by molar-refractivity contribution is -0.136. The normalized spacial score (nSPS) is 14.5. The lowest BCUT2D eigenvalue weighted by atomic mass is 9.95. The number of aliphatic carboxylic acids is 1. The van der Waals surface area contributed by atoms with Gasteiger partial charge in [0.25, 0.3) is 0 Å². The van der Waals surface area contributed by atoms with Crippen LogP contribution in [-0.2, 0) is 16.0 Å². The van der Waals surface area contributed by atoms with Gasteiger partial charge in [0.2, 0.25) is 0 Å². The molecule has 160 valence electrons. The highest BCUT2D eigenvalue weighted by atomic mass is 19.1. The Morgan fingerprint density at radius 3 is 2.43 bits per heavy atom. The van der Waals surface area contributed by atoms with Gasteiger partial charge in [-0.3, -0.25) is 4.79 Å². The van der Waals surface area contributed by atoms with Gasteiger partial charge in [0.1, 0.15) is 12.4 Å². The molecule has 1 aliphatic rings. The van der Waals surface area contributed by atoms with E-state index in [4.69, 9.17) is 14.6 Å². The predicted molar refractivity (Wildman–Crippen MR) is 106 cm³/mol. The van der Waals surface area contributed by atoms with Crippen molar-refractivity contribution >= 4 is 11.5 Å². The molecule has 0 spiro atoms. The van der Waals surface area contributed by atoms with Crippen molar-refractivity contribution in [3.63, 3.8) is 0 Å². The SMILES string of the molecule is Cc1ccc(C2=C(COc3c(F)cc(CCC(=O)O)cc3F)CCOCC2)cc1F. The minimum atomic E-state index is -1.04. The summed E-state index contributed by atoms with van der Waals surface area (Å²) in [6.07, 6.45) is 0.850. The second-order valence-electron chi connectivity index (χ2n) is 7.23. The summed E-state index contributed by atoms with van der Waals surface area (Å²) in [6, 6.07) is 7.13. The minimum Gasteiger partial charge on any atom is -0.483 e. The Kier molecular flexibility index (Phi) is 7.15. The summed E-state index contributed by atoms with van der Waals surface area (Å²) in [4.78, 5) is 10.7. The molecule has 0 radical (unpaired) electrons. The molecule has 0 fully saturated rings. The Balaban J connectivity index is 1.83. The Hall–Kier alpha value is -2.80. The van der Waals surface area contributed by atoms with Gasteiger partial charge < -0.3 is 14.6 Å². The molecule has 30 heavy (non-hydrogen) atoms. The fourth-order valence-corrected chi connectivity index (χ4v) is 3.39. The van der Waals surface area contributed by atoms with E-state index in [-0.39, 0.29) is 30.8 Å². The first-order valence-electron chi connectivity index (χ1n) is 9.73. The Bertz CT molecular complexity index is 946. The van der Waals surface area contributed by atoms with Crippen LogP contribution in [0.15, 0.2) is 35.9 Å². The minimum absolute atomic E-state index is 0.0229. The van der Waals surface area contributed by atoms with Crippen LogP contribution in [0.3, 0.4) is 0 Å². The third-order valence-corrected chi connectivity index (χ3v) is 5.07. The van der Waals surface area contributed by atoms with Gasteiger partial charge in [-0.1, -0.05) is 12.1 Å². The molecular formula is C23H23F3O4. The quantitative estimate of drug-likeness (QED) is 0.679. The molecule has 0 unspecified atom stereocenters. The maximum Gasteiger partial charge on any atom is 0.303 e. The van der Waals surface area contributed by atoms with Crippen molar-refractivity contribution in [3.05, 3.63) is 70.0 Å². The highest BCUT2D eigenvalue weighted by molar-refractivity contribution is 5.69.